The minimum Gasteiger partial charge on any atom is -0.503 e. The Hall–Kier alpha value is -3.45. The van der Waals surface area contributed by atoms with Crippen LogP contribution in [0, 0.1) is 5.82 Å². The smallest absolute Gasteiger partial charge is 0.290 e. The lowest BCUT2D eigenvalue weighted by Crippen LogP contribution is -2.36. The van der Waals surface area contributed by atoms with Crippen molar-refractivity contribution in [1.29, 1.82) is 0 Å². The lowest BCUT2D eigenvalue weighted by molar-refractivity contribution is -0.129. The molecule has 3 aromatic rings. The number of amides is 1. The zero-order chi connectivity index (χ0) is 21.4. The molecule has 0 spiro atoms. The highest BCUT2D eigenvalue weighted by Gasteiger charge is 2.44. The summed E-state index contributed by atoms with van der Waals surface area (Å²) in [5.41, 5.74) is 0.825. The first kappa shape index (κ1) is 19.8. The van der Waals surface area contributed by atoms with E-state index in [4.69, 9.17) is 4.42 Å². The Labute approximate surface area is 172 Å². The number of ketones is 1. The molecule has 7 heteroatoms. The van der Waals surface area contributed by atoms with Crippen molar-refractivity contribution in [2.75, 3.05) is 27.2 Å². The molecule has 0 saturated heterocycles. The highest BCUT2D eigenvalue weighted by atomic mass is 19.1. The predicted octanol–water partition coefficient (Wildman–Crippen LogP) is 3.71. The van der Waals surface area contributed by atoms with Crippen molar-refractivity contribution in [3.05, 3.63) is 83.1 Å². The quantitative estimate of drug-likeness (QED) is 0.630. The summed E-state index contributed by atoms with van der Waals surface area (Å²) in [6.45, 7) is 0.769. The number of aliphatic hydroxyl groups excluding tert-OH is 1. The average molecular weight is 408 g/mol. The van der Waals surface area contributed by atoms with Gasteiger partial charge < -0.3 is 19.3 Å². The van der Waals surface area contributed by atoms with Crippen molar-refractivity contribution in [1.82, 2.24) is 9.80 Å². The van der Waals surface area contributed by atoms with E-state index in [1.165, 1.54) is 23.1 Å². The second-order valence-electron chi connectivity index (χ2n) is 7.50. The highest BCUT2D eigenvalue weighted by molar-refractivity contribution is 6.16. The molecule has 1 atom stereocenters. The van der Waals surface area contributed by atoms with Crippen LogP contribution < -0.4 is 0 Å². The van der Waals surface area contributed by atoms with Crippen molar-refractivity contribution < 1.29 is 23.5 Å². The fourth-order valence-electron chi connectivity index (χ4n) is 3.67. The number of halogens is 1. The second kappa shape index (κ2) is 7.76. The number of fused-ring (bicyclic) bond motifs is 1. The molecule has 2 aromatic carbocycles. The van der Waals surface area contributed by atoms with E-state index < -0.39 is 29.3 Å². The van der Waals surface area contributed by atoms with E-state index in [0.29, 0.717) is 17.7 Å². The van der Waals surface area contributed by atoms with Gasteiger partial charge in [0.05, 0.1) is 11.6 Å². The first-order valence-electron chi connectivity index (χ1n) is 9.54. The Kier molecular flexibility index (Phi) is 5.13. The summed E-state index contributed by atoms with van der Waals surface area (Å²) in [5.74, 6) is -2.37. The van der Waals surface area contributed by atoms with Gasteiger partial charge in [0.1, 0.15) is 11.4 Å². The van der Waals surface area contributed by atoms with Crippen LogP contribution in [0.1, 0.15) is 22.2 Å². The number of hydrogen-bond donors (Lipinski definition) is 1. The standard InChI is InChI=1S/C23H21FN2O4/c1-25(2)10-11-26-20(15-7-5-8-16(24)12-15)19(22(28)23(26)29)21(27)18-13-14-6-3-4-9-17(14)30-18/h3-9,12-13,20,28H,10-11H2,1-2H3/t20-/m1/s1. The van der Waals surface area contributed by atoms with Gasteiger partial charge in [-0.2, -0.15) is 0 Å². The number of carbonyl (C=O) groups excluding carboxylic acids is 2. The van der Waals surface area contributed by atoms with Gasteiger partial charge in [-0.25, -0.2) is 4.39 Å². The third-order valence-electron chi connectivity index (χ3n) is 5.15. The molecule has 0 radical (unpaired) electrons. The van der Waals surface area contributed by atoms with Crippen LogP contribution in [0.4, 0.5) is 4.39 Å². The number of benzene rings is 2. The van der Waals surface area contributed by atoms with Crippen molar-refractivity contribution in [3.8, 4) is 0 Å². The van der Waals surface area contributed by atoms with Crippen molar-refractivity contribution >= 4 is 22.7 Å². The summed E-state index contributed by atoms with van der Waals surface area (Å²) in [4.78, 5) is 29.4. The van der Waals surface area contributed by atoms with Crippen LogP contribution in [0.3, 0.4) is 0 Å². The van der Waals surface area contributed by atoms with Crippen LogP contribution in [0.15, 0.2) is 70.3 Å². The van der Waals surface area contributed by atoms with Gasteiger partial charge in [-0.15, -0.1) is 0 Å². The Bertz CT molecular complexity index is 1130. The minimum absolute atomic E-state index is 0.0152. The van der Waals surface area contributed by atoms with E-state index in [2.05, 4.69) is 0 Å². The Morgan fingerprint density at radius 1 is 1.17 bits per heavy atom. The van der Waals surface area contributed by atoms with E-state index in [-0.39, 0.29) is 17.9 Å². The highest BCUT2D eigenvalue weighted by Crippen LogP contribution is 2.39. The molecule has 2 heterocycles. The third kappa shape index (κ3) is 3.48. The molecule has 6 nitrogen and oxygen atoms in total. The number of nitrogens with zero attached hydrogens (tertiary/aromatic N) is 2. The Morgan fingerprint density at radius 3 is 2.63 bits per heavy atom. The molecule has 0 aliphatic carbocycles. The number of hydrogen-bond acceptors (Lipinski definition) is 5. The van der Waals surface area contributed by atoms with Crippen LogP contribution >= 0.6 is 0 Å². The molecule has 1 aliphatic rings. The molecule has 0 unspecified atom stereocenters. The normalized spacial score (nSPS) is 16.9. The maximum atomic E-state index is 14.0. The van der Waals surface area contributed by atoms with Gasteiger partial charge in [-0.1, -0.05) is 30.3 Å². The monoisotopic (exact) mass is 408 g/mol. The number of rotatable bonds is 6. The van der Waals surface area contributed by atoms with Gasteiger partial charge in [-0.05, 0) is 43.9 Å². The van der Waals surface area contributed by atoms with Gasteiger partial charge in [0.2, 0.25) is 5.78 Å². The molecule has 1 aromatic heterocycles. The molecule has 154 valence electrons. The van der Waals surface area contributed by atoms with E-state index in [9.17, 15) is 19.1 Å². The molecular weight excluding hydrogens is 387 g/mol. The van der Waals surface area contributed by atoms with E-state index in [1.54, 1.807) is 30.3 Å². The van der Waals surface area contributed by atoms with Crippen LogP contribution in [-0.4, -0.2) is 53.8 Å². The maximum Gasteiger partial charge on any atom is 0.290 e. The van der Waals surface area contributed by atoms with E-state index in [0.717, 1.165) is 5.39 Å². The van der Waals surface area contributed by atoms with Crippen LogP contribution in [0.25, 0.3) is 11.0 Å². The zero-order valence-corrected chi connectivity index (χ0v) is 16.6. The number of aliphatic hydroxyl groups is 1. The summed E-state index contributed by atoms with van der Waals surface area (Å²) < 4.78 is 19.6. The minimum atomic E-state index is -0.908. The fourth-order valence-corrected chi connectivity index (χ4v) is 3.67. The maximum absolute atomic E-state index is 14.0. The largest absolute Gasteiger partial charge is 0.503 e. The molecule has 1 N–H and O–H groups in total. The molecule has 0 bridgehead atoms. The first-order chi connectivity index (χ1) is 14.4. The number of carbonyl (C=O) groups is 2. The van der Waals surface area contributed by atoms with Crippen LogP contribution in [0.2, 0.25) is 0 Å². The lowest BCUT2D eigenvalue weighted by Gasteiger charge is -2.27. The van der Waals surface area contributed by atoms with E-state index >= 15 is 0 Å². The Morgan fingerprint density at radius 2 is 1.93 bits per heavy atom. The summed E-state index contributed by atoms with van der Waals surface area (Å²) >= 11 is 0. The van der Waals surface area contributed by atoms with Crippen LogP contribution in [-0.2, 0) is 4.79 Å². The van der Waals surface area contributed by atoms with Gasteiger partial charge in [-0.3, -0.25) is 9.59 Å². The summed E-state index contributed by atoms with van der Waals surface area (Å²) in [6, 6.07) is 13.5. The second-order valence-corrected chi connectivity index (χ2v) is 7.50. The van der Waals surface area contributed by atoms with Gasteiger partial charge in [0, 0.05) is 18.5 Å². The molecule has 4 rings (SSSR count). The third-order valence-corrected chi connectivity index (χ3v) is 5.15. The molecule has 30 heavy (non-hydrogen) atoms. The summed E-state index contributed by atoms with van der Waals surface area (Å²) in [7, 11) is 3.71. The van der Waals surface area contributed by atoms with Crippen molar-refractivity contribution in [2.24, 2.45) is 0 Å². The molecule has 1 amide bonds. The van der Waals surface area contributed by atoms with Crippen molar-refractivity contribution in [3.63, 3.8) is 0 Å². The summed E-state index contributed by atoms with van der Waals surface area (Å²) in [6.07, 6.45) is 0. The zero-order valence-electron chi connectivity index (χ0n) is 16.6. The van der Waals surface area contributed by atoms with Gasteiger partial charge in [0.15, 0.2) is 11.5 Å². The molecule has 1 aliphatic heterocycles. The molecular formula is C23H21FN2O4. The number of Topliss-reactive ketones (excluding diaryl/α,β-unsaturated/α-hetero) is 1. The summed E-state index contributed by atoms with van der Waals surface area (Å²) in [5, 5.41) is 11.4. The van der Waals surface area contributed by atoms with Gasteiger partial charge >= 0.3 is 0 Å². The number of likely N-dealkylation sites (N-methyl/N-ethyl adjacent to an activating group) is 1. The van der Waals surface area contributed by atoms with Crippen molar-refractivity contribution in [2.45, 2.75) is 6.04 Å². The lowest BCUT2D eigenvalue weighted by atomic mass is 9.95. The SMILES string of the molecule is CN(C)CCN1C(=O)C(O)=C(C(=O)c2cc3ccccc3o2)[C@H]1c1cccc(F)c1. The molecule has 0 saturated carbocycles. The Balaban J connectivity index is 1.79. The topological polar surface area (TPSA) is 74.0 Å². The van der Waals surface area contributed by atoms with E-state index in [1.807, 2.05) is 25.1 Å². The number of furan rings is 1. The number of para-hydroxylation sites is 1. The first-order valence-corrected chi connectivity index (χ1v) is 9.54. The van der Waals surface area contributed by atoms with Gasteiger partial charge in [0.25, 0.3) is 5.91 Å². The molecule has 0 fully saturated rings. The van der Waals surface area contributed by atoms with Crippen LogP contribution in [0.5, 0.6) is 0 Å². The average Bonchev–Trinajstić information content (AvgIpc) is 3.26. The predicted molar refractivity (Wildman–Crippen MR) is 110 cm³/mol. The fraction of sp³-hybridized carbons (Fsp3) is 0.217.